The maximum Gasteiger partial charge on any atom is 0.209 e. The normalized spacial score (nSPS) is 13.0. The highest BCUT2D eigenvalue weighted by molar-refractivity contribution is 7.88. The minimum Gasteiger partial charge on any atom is -0.355 e. The molecule has 1 aromatic heterocycles. The molecule has 3 N–H and O–H groups in total. The van der Waals surface area contributed by atoms with Gasteiger partial charge >= 0.3 is 0 Å². The molecule has 0 aliphatic carbocycles. The van der Waals surface area contributed by atoms with Gasteiger partial charge in [0.25, 0.3) is 0 Å². The second kappa shape index (κ2) is 7.37. The van der Waals surface area contributed by atoms with Crippen molar-refractivity contribution in [2.75, 3.05) is 19.8 Å². The number of rotatable bonds is 6. The van der Waals surface area contributed by atoms with Crippen molar-refractivity contribution in [1.82, 2.24) is 20.3 Å². The first-order valence-electron chi connectivity index (χ1n) is 6.55. The fourth-order valence-electron chi connectivity index (χ4n) is 1.74. The lowest BCUT2D eigenvalue weighted by Gasteiger charge is -2.26. The molecule has 0 aliphatic rings. The number of aliphatic imine (C=N–C) groups is 1. The number of hydrogen-bond acceptors (Lipinski definition) is 4. The van der Waals surface area contributed by atoms with Crippen LogP contribution in [0, 0.1) is 0 Å². The maximum absolute atomic E-state index is 11.3. The number of guanidine groups is 1. The molecule has 0 bridgehead atoms. The van der Waals surface area contributed by atoms with Gasteiger partial charge in [-0.1, -0.05) is 6.07 Å². The first-order valence-corrected chi connectivity index (χ1v) is 8.44. The van der Waals surface area contributed by atoms with E-state index in [1.807, 2.05) is 18.2 Å². The van der Waals surface area contributed by atoms with Gasteiger partial charge in [0, 0.05) is 25.3 Å². The summed E-state index contributed by atoms with van der Waals surface area (Å²) in [5.41, 5.74) is 0.282. The van der Waals surface area contributed by atoms with Gasteiger partial charge in [-0.25, -0.2) is 13.1 Å². The fourth-order valence-corrected chi connectivity index (χ4v) is 2.82. The SMILES string of the molecule is CN=C(NCc1ccccn1)NCC(C)(C)NS(C)(=O)=O. The minimum atomic E-state index is -3.25. The average Bonchev–Trinajstić information content (AvgIpc) is 2.37. The molecule has 21 heavy (non-hydrogen) atoms. The zero-order chi connectivity index (χ0) is 15.9. The molecular formula is C13H23N5O2S. The average molecular weight is 313 g/mol. The van der Waals surface area contributed by atoms with Gasteiger partial charge in [0.1, 0.15) is 0 Å². The van der Waals surface area contributed by atoms with E-state index < -0.39 is 15.6 Å². The summed E-state index contributed by atoms with van der Waals surface area (Å²) in [6.45, 7) is 4.54. The predicted octanol–water partition coefficient (Wildman–Crippen LogP) is 0.0744. The summed E-state index contributed by atoms with van der Waals surface area (Å²) >= 11 is 0. The largest absolute Gasteiger partial charge is 0.355 e. The van der Waals surface area contributed by atoms with Crippen LogP contribution in [0.4, 0.5) is 0 Å². The van der Waals surface area contributed by atoms with Crippen LogP contribution in [0.25, 0.3) is 0 Å². The first-order chi connectivity index (χ1) is 9.72. The monoisotopic (exact) mass is 313 g/mol. The van der Waals surface area contributed by atoms with Crippen molar-refractivity contribution < 1.29 is 8.42 Å². The van der Waals surface area contributed by atoms with E-state index in [1.54, 1.807) is 27.1 Å². The van der Waals surface area contributed by atoms with Crippen molar-refractivity contribution in [2.45, 2.75) is 25.9 Å². The lowest BCUT2D eigenvalue weighted by atomic mass is 10.1. The third-order valence-electron chi connectivity index (χ3n) is 2.55. The Bertz CT molecular complexity index is 569. The highest BCUT2D eigenvalue weighted by Gasteiger charge is 2.22. The summed E-state index contributed by atoms with van der Waals surface area (Å²) in [5.74, 6) is 0.587. The van der Waals surface area contributed by atoms with Gasteiger partial charge in [-0.15, -0.1) is 0 Å². The quantitative estimate of drug-likeness (QED) is 0.510. The van der Waals surface area contributed by atoms with Crippen LogP contribution in [0.1, 0.15) is 19.5 Å². The molecule has 0 saturated carbocycles. The molecule has 0 fully saturated rings. The van der Waals surface area contributed by atoms with E-state index in [1.165, 1.54) is 0 Å². The zero-order valence-corrected chi connectivity index (χ0v) is 13.7. The van der Waals surface area contributed by atoms with Gasteiger partial charge < -0.3 is 10.6 Å². The molecule has 0 unspecified atom stereocenters. The van der Waals surface area contributed by atoms with Crippen molar-refractivity contribution in [2.24, 2.45) is 4.99 Å². The Morgan fingerprint density at radius 3 is 2.57 bits per heavy atom. The summed E-state index contributed by atoms with van der Waals surface area (Å²) < 4.78 is 25.1. The number of nitrogens with one attached hydrogen (secondary N) is 3. The number of nitrogens with zero attached hydrogens (tertiary/aromatic N) is 2. The van der Waals surface area contributed by atoms with Crippen LogP contribution in [0.3, 0.4) is 0 Å². The number of sulfonamides is 1. The second-order valence-corrected chi connectivity index (χ2v) is 7.11. The summed E-state index contributed by atoms with van der Waals surface area (Å²) in [4.78, 5) is 8.30. The van der Waals surface area contributed by atoms with Gasteiger partial charge in [-0.2, -0.15) is 0 Å². The van der Waals surface area contributed by atoms with Crippen molar-refractivity contribution in [3.05, 3.63) is 30.1 Å². The number of aromatic nitrogens is 1. The summed E-state index contributed by atoms with van der Waals surface area (Å²) in [7, 11) is -1.59. The minimum absolute atomic E-state index is 0.405. The third-order valence-corrected chi connectivity index (χ3v) is 3.47. The van der Waals surface area contributed by atoms with E-state index in [2.05, 4.69) is 25.3 Å². The van der Waals surface area contributed by atoms with Crippen molar-refractivity contribution in [3.8, 4) is 0 Å². The first kappa shape index (κ1) is 17.4. The Labute approximate surface area is 126 Å². The Kier molecular flexibility index (Phi) is 6.10. The van der Waals surface area contributed by atoms with Gasteiger partial charge in [-0.05, 0) is 26.0 Å². The summed E-state index contributed by atoms with van der Waals surface area (Å²) in [5, 5.41) is 6.21. The van der Waals surface area contributed by atoms with Crippen LogP contribution in [-0.4, -0.2) is 44.7 Å². The lowest BCUT2D eigenvalue weighted by molar-refractivity contribution is 0.446. The Hall–Kier alpha value is -1.67. The number of pyridine rings is 1. The second-order valence-electron chi connectivity index (χ2n) is 5.36. The summed E-state index contributed by atoms with van der Waals surface area (Å²) in [6, 6.07) is 5.69. The van der Waals surface area contributed by atoms with Crippen molar-refractivity contribution in [1.29, 1.82) is 0 Å². The molecule has 1 heterocycles. The molecule has 1 aromatic rings. The van der Waals surface area contributed by atoms with Gasteiger partial charge in [0.2, 0.25) is 10.0 Å². The van der Waals surface area contributed by atoms with Gasteiger partial charge in [0.05, 0.1) is 18.5 Å². The molecule has 0 radical (unpaired) electrons. The molecule has 0 aromatic carbocycles. The van der Waals surface area contributed by atoms with Crippen molar-refractivity contribution >= 4 is 16.0 Å². The van der Waals surface area contributed by atoms with Crippen LogP contribution in [0.2, 0.25) is 0 Å². The molecular weight excluding hydrogens is 290 g/mol. The van der Waals surface area contributed by atoms with Crippen LogP contribution in [0.15, 0.2) is 29.4 Å². The maximum atomic E-state index is 11.3. The van der Waals surface area contributed by atoms with E-state index >= 15 is 0 Å². The van der Waals surface area contributed by atoms with E-state index in [-0.39, 0.29) is 0 Å². The van der Waals surface area contributed by atoms with Crippen LogP contribution >= 0.6 is 0 Å². The molecule has 0 atom stereocenters. The molecule has 0 aliphatic heterocycles. The van der Waals surface area contributed by atoms with Crippen LogP contribution in [-0.2, 0) is 16.6 Å². The third kappa shape index (κ3) is 7.62. The topological polar surface area (TPSA) is 95.5 Å². The molecule has 7 nitrogen and oxygen atoms in total. The predicted molar refractivity (Wildman–Crippen MR) is 84.5 cm³/mol. The summed E-state index contributed by atoms with van der Waals surface area (Å²) in [6.07, 6.45) is 2.87. The highest BCUT2D eigenvalue weighted by atomic mass is 32.2. The molecule has 0 spiro atoms. The van der Waals surface area contributed by atoms with E-state index in [0.29, 0.717) is 19.0 Å². The zero-order valence-electron chi connectivity index (χ0n) is 12.8. The molecule has 0 amide bonds. The lowest BCUT2D eigenvalue weighted by Crippen LogP contribution is -2.52. The molecule has 1 rings (SSSR count). The highest BCUT2D eigenvalue weighted by Crippen LogP contribution is 2.01. The Morgan fingerprint density at radius 2 is 2.05 bits per heavy atom. The molecule has 8 heteroatoms. The smallest absolute Gasteiger partial charge is 0.209 e. The standard InChI is InChI=1S/C13H23N5O2S/c1-13(2,18-21(4,19)20)10-17-12(14-3)16-9-11-7-5-6-8-15-11/h5-8,18H,9-10H2,1-4H3,(H2,14,16,17). The van der Waals surface area contributed by atoms with E-state index in [4.69, 9.17) is 0 Å². The van der Waals surface area contributed by atoms with Crippen LogP contribution in [0.5, 0.6) is 0 Å². The Balaban J connectivity index is 2.48. The van der Waals surface area contributed by atoms with E-state index in [9.17, 15) is 8.42 Å². The van der Waals surface area contributed by atoms with Gasteiger partial charge in [-0.3, -0.25) is 9.98 Å². The van der Waals surface area contributed by atoms with E-state index in [0.717, 1.165) is 11.9 Å². The van der Waals surface area contributed by atoms with Crippen LogP contribution < -0.4 is 15.4 Å². The van der Waals surface area contributed by atoms with Gasteiger partial charge in [0.15, 0.2) is 5.96 Å². The Morgan fingerprint density at radius 1 is 1.33 bits per heavy atom. The van der Waals surface area contributed by atoms with Crippen molar-refractivity contribution in [3.63, 3.8) is 0 Å². The fraction of sp³-hybridized carbons (Fsp3) is 0.538. The molecule has 118 valence electrons. The molecule has 0 saturated heterocycles. The number of hydrogen-bond donors (Lipinski definition) is 3.